The summed E-state index contributed by atoms with van der Waals surface area (Å²) < 4.78 is 43.0. The van der Waals surface area contributed by atoms with Gasteiger partial charge in [0.15, 0.2) is 0 Å². The highest BCUT2D eigenvalue weighted by Crippen LogP contribution is 2.32. The lowest BCUT2D eigenvalue weighted by molar-refractivity contribution is -0.137. The van der Waals surface area contributed by atoms with Crippen LogP contribution in [0.2, 0.25) is 0 Å². The van der Waals surface area contributed by atoms with Crippen LogP contribution in [0, 0.1) is 0 Å². The molecule has 5 heteroatoms. The van der Waals surface area contributed by atoms with Crippen LogP contribution in [0.5, 0.6) is 0 Å². The van der Waals surface area contributed by atoms with Crippen LogP contribution < -0.4 is 0 Å². The molecule has 0 saturated heterocycles. The molecule has 0 radical (unpaired) electrons. The van der Waals surface area contributed by atoms with E-state index in [2.05, 4.69) is 0 Å². The van der Waals surface area contributed by atoms with Crippen molar-refractivity contribution in [2.45, 2.75) is 13.1 Å². The first kappa shape index (κ1) is 15.1. The van der Waals surface area contributed by atoms with Gasteiger partial charge in [-0.15, -0.1) is 0 Å². The van der Waals surface area contributed by atoms with Crippen molar-refractivity contribution in [3.8, 4) is 11.1 Å². The average Bonchev–Trinajstić information content (AvgIpc) is 2.47. The number of rotatable bonds is 3. The van der Waals surface area contributed by atoms with Crippen LogP contribution in [-0.4, -0.2) is 12.6 Å². The second kappa shape index (κ2) is 5.99. The number of ether oxygens (including phenoxy) is 1. The van der Waals surface area contributed by atoms with Crippen LogP contribution in [0.1, 0.15) is 22.8 Å². The number of esters is 1. The number of benzene rings is 2. The molecule has 0 aliphatic rings. The molecule has 2 rings (SSSR count). The van der Waals surface area contributed by atoms with Gasteiger partial charge in [-0.1, -0.05) is 24.3 Å². The lowest BCUT2D eigenvalue weighted by Gasteiger charge is -2.09. The second-order valence-corrected chi connectivity index (χ2v) is 4.38. The highest BCUT2D eigenvalue weighted by molar-refractivity contribution is 5.91. The summed E-state index contributed by atoms with van der Waals surface area (Å²) in [6, 6.07) is 11.3. The minimum Gasteiger partial charge on any atom is -0.462 e. The average molecular weight is 294 g/mol. The number of hydrogen-bond acceptors (Lipinski definition) is 2. The minimum absolute atomic E-state index is 0.243. The van der Waals surface area contributed by atoms with E-state index >= 15 is 0 Å². The van der Waals surface area contributed by atoms with Gasteiger partial charge in [0.1, 0.15) is 0 Å². The highest BCUT2D eigenvalue weighted by Gasteiger charge is 2.30. The van der Waals surface area contributed by atoms with E-state index in [4.69, 9.17) is 4.74 Å². The van der Waals surface area contributed by atoms with Crippen LogP contribution in [0.4, 0.5) is 13.2 Å². The molecule has 0 aromatic heterocycles. The summed E-state index contributed by atoms with van der Waals surface area (Å²) in [4.78, 5) is 11.7. The first-order valence-electron chi connectivity index (χ1n) is 6.36. The first-order valence-corrected chi connectivity index (χ1v) is 6.36. The fourth-order valence-corrected chi connectivity index (χ4v) is 1.92. The fraction of sp³-hybridized carbons (Fsp3) is 0.188. The van der Waals surface area contributed by atoms with Crippen molar-refractivity contribution >= 4 is 5.97 Å². The lowest BCUT2D eigenvalue weighted by atomic mass is 10.0. The van der Waals surface area contributed by atoms with Gasteiger partial charge in [-0.05, 0) is 42.3 Å². The Morgan fingerprint density at radius 1 is 1.05 bits per heavy atom. The third-order valence-electron chi connectivity index (χ3n) is 2.90. The molecule has 21 heavy (non-hydrogen) atoms. The maximum Gasteiger partial charge on any atom is 0.416 e. The molecule has 0 N–H and O–H groups in total. The third-order valence-corrected chi connectivity index (χ3v) is 2.90. The lowest BCUT2D eigenvalue weighted by Crippen LogP contribution is -2.05. The zero-order chi connectivity index (χ0) is 15.5. The van der Waals surface area contributed by atoms with Crippen LogP contribution >= 0.6 is 0 Å². The number of carbonyl (C=O) groups excluding carboxylic acids is 1. The molecule has 0 heterocycles. The van der Waals surface area contributed by atoms with Crippen molar-refractivity contribution in [2.75, 3.05) is 6.61 Å². The van der Waals surface area contributed by atoms with Crippen molar-refractivity contribution in [1.82, 2.24) is 0 Å². The smallest absolute Gasteiger partial charge is 0.416 e. The molecular weight excluding hydrogens is 281 g/mol. The van der Waals surface area contributed by atoms with Gasteiger partial charge >= 0.3 is 12.1 Å². The van der Waals surface area contributed by atoms with Crippen molar-refractivity contribution in [3.05, 3.63) is 59.7 Å². The number of carbonyl (C=O) groups is 1. The van der Waals surface area contributed by atoms with Crippen molar-refractivity contribution in [1.29, 1.82) is 0 Å². The third kappa shape index (κ3) is 3.62. The molecule has 2 aromatic carbocycles. The van der Waals surface area contributed by atoms with Crippen LogP contribution in [0.15, 0.2) is 48.5 Å². The monoisotopic (exact) mass is 294 g/mol. The maximum absolute atomic E-state index is 12.7. The Morgan fingerprint density at radius 3 is 2.29 bits per heavy atom. The zero-order valence-corrected chi connectivity index (χ0v) is 11.3. The molecule has 2 nitrogen and oxygen atoms in total. The summed E-state index contributed by atoms with van der Waals surface area (Å²) in [5, 5.41) is 0. The van der Waals surface area contributed by atoms with E-state index in [1.807, 2.05) is 0 Å². The Kier molecular flexibility index (Phi) is 4.31. The molecule has 0 aliphatic heterocycles. The molecule has 0 fully saturated rings. The second-order valence-electron chi connectivity index (χ2n) is 4.38. The molecule has 0 bridgehead atoms. The summed E-state index contributed by atoms with van der Waals surface area (Å²) in [6.07, 6.45) is -4.39. The summed E-state index contributed by atoms with van der Waals surface area (Å²) in [5.74, 6) is -0.494. The number of hydrogen-bond donors (Lipinski definition) is 0. The first-order chi connectivity index (χ1) is 9.91. The maximum atomic E-state index is 12.7. The molecule has 0 saturated carbocycles. The SMILES string of the molecule is CCOC(=O)c1cccc(-c2cccc(C(F)(F)F)c2)c1. The van der Waals surface area contributed by atoms with Gasteiger partial charge < -0.3 is 4.74 Å². The fourth-order valence-electron chi connectivity index (χ4n) is 1.92. The topological polar surface area (TPSA) is 26.3 Å². The summed E-state index contributed by atoms with van der Waals surface area (Å²) in [5.41, 5.74) is 0.524. The van der Waals surface area contributed by atoms with Gasteiger partial charge in [0.2, 0.25) is 0 Å². The molecule has 2 aromatic rings. The number of halogens is 3. The van der Waals surface area contributed by atoms with Gasteiger partial charge in [-0.2, -0.15) is 13.2 Å². The van der Waals surface area contributed by atoms with Crippen molar-refractivity contribution in [3.63, 3.8) is 0 Å². The molecule has 110 valence electrons. The summed E-state index contributed by atoms with van der Waals surface area (Å²) >= 11 is 0. The Bertz CT molecular complexity index is 648. The van der Waals surface area contributed by atoms with Gasteiger partial charge in [0.25, 0.3) is 0 Å². The van der Waals surface area contributed by atoms with E-state index in [0.717, 1.165) is 12.1 Å². The van der Waals surface area contributed by atoms with E-state index in [1.54, 1.807) is 31.2 Å². The van der Waals surface area contributed by atoms with E-state index < -0.39 is 17.7 Å². The van der Waals surface area contributed by atoms with Crippen LogP contribution in [0.3, 0.4) is 0 Å². The van der Waals surface area contributed by atoms with E-state index in [-0.39, 0.29) is 6.61 Å². The Balaban J connectivity index is 2.39. The summed E-state index contributed by atoms with van der Waals surface area (Å²) in [7, 11) is 0. The standard InChI is InChI=1S/C16H13F3O2/c1-2-21-15(20)13-7-3-5-11(9-13)12-6-4-8-14(10-12)16(17,18)19/h3-10H,2H2,1H3. The zero-order valence-electron chi connectivity index (χ0n) is 11.3. The van der Waals surface area contributed by atoms with Gasteiger partial charge in [-0.25, -0.2) is 4.79 Å². The van der Waals surface area contributed by atoms with Gasteiger partial charge in [0, 0.05) is 0 Å². The minimum atomic E-state index is -4.39. The quantitative estimate of drug-likeness (QED) is 0.776. The molecular formula is C16H13F3O2. The predicted octanol–water partition coefficient (Wildman–Crippen LogP) is 4.55. The Labute approximate surface area is 120 Å². The van der Waals surface area contributed by atoms with E-state index in [9.17, 15) is 18.0 Å². The van der Waals surface area contributed by atoms with Crippen LogP contribution in [0.25, 0.3) is 11.1 Å². The largest absolute Gasteiger partial charge is 0.462 e. The molecule has 0 atom stereocenters. The Morgan fingerprint density at radius 2 is 1.67 bits per heavy atom. The molecule has 0 spiro atoms. The molecule has 0 aliphatic carbocycles. The number of alkyl halides is 3. The van der Waals surface area contributed by atoms with Gasteiger partial charge in [0.05, 0.1) is 17.7 Å². The van der Waals surface area contributed by atoms with Crippen LogP contribution in [-0.2, 0) is 10.9 Å². The normalized spacial score (nSPS) is 11.2. The van der Waals surface area contributed by atoms with Crippen molar-refractivity contribution < 1.29 is 22.7 Å². The summed E-state index contributed by atoms with van der Waals surface area (Å²) in [6.45, 7) is 1.93. The van der Waals surface area contributed by atoms with Crippen molar-refractivity contribution in [2.24, 2.45) is 0 Å². The Hall–Kier alpha value is -2.30. The van der Waals surface area contributed by atoms with E-state index in [0.29, 0.717) is 16.7 Å². The molecule has 0 amide bonds. The predicted molar refractivity (Wildman–Crippen MR) is 72.8 cm³/mol. The molecule has 0 unspecified atom stereocenters. The van der Waals surface area contributed by atoms with E-state index in [1.165, 1.54) is 12.1 Å². The highest BCUT2D eigenvalue weighted by atomic mass is 19.4. The van der Waals surface area contributed by atoms with Gasteiger partial charge in [-0.3, -0.25) is 0 Å².